The van der Waals surface area contributed by atoms with Crippen molar-refractivity contribution in [3.63, 3.8) is 0 Å². The largest absolute Gasteiger partial charge is 0.394 e. The molecule has 1 aliphatic rings. The molecule has 1 fully saturated rings. The fourth-order valence-corrected chi connectivity index (χ4v) is 2.98. The molecular formula is C10H10ClIN4O4. The summed E-state index contributed by atoms with van der Waals surface area (Å²) in [5.74, 6) is 0. The van der Waals surface area contributed by atoms with Crippen molar-refractivity contribution in [1.29, 1.82) is 0 Å². The summed E-state index contributed by atoms with van der Waals surface area (Å²) < 4.78 is 7.33. The Kier molecular flexibility index (Phi) is 3.81. The highest BCUT2D eigenvalue weighted by Gasteiger charge is 2.44. The molecule has 1 unspecified atom stereocenters. The number of nitrogens with zero attached hydrogens (tertiary/aromatic N) is 4. The summed E-state index contributed by atoms with van der Waals surface area (Å²) in [6.45, 7) is -0.394. The number of imidazole rings is 1. The van der Waals surface area contributed by atoms with Crippen LogP contribution in [-0.2, 0) is 4.74 Å². The maximum atomic E-state index is 10.0. The quantitative estimate of drug-likeness (QED) is 0.352. The minimum absolute atomic E-state index is 0.199. The van der Waals surface area contributed by atoms with E-state index < -0.39 is 31.1 Å². The van der Waals surface area contributed by atoms with Crippen LogP contribution in [0.25, 0.3) is 11.2 Å². The van der Waals surface area contributed by atoms with Gasteiger partial charge in [-0.15, -0.1) is 0 Å². The van der Waals surface area contributed by atoms with Crippen LogP contribution in [0.2, 0.25) is 5.15 Å². The summed E-state index contributed by atoms with van der Waals surface area (Å²) in [6, 6.07) is 0. The predicted octanol–water partition coefficient (Wildman–Crippen LogP) is -0.304. The third-order valence-electron chi connectivity index (χ3n) is 3.14. The van der Waals surface area contributed by atoms with E-state index in [4.69, 9.17) is 21.4 Å². The number of halogens is 2. The molecule has 1 aliphatic heterocycles. The molecule has 108 valence electrons. The van der Waals surface area contributed by atoms with Gasteiger partial charge in [-0.1, -0.05) is 11.6 Å². The SMILES string of the molecule is OC[C@H]1O[C@@H](n2cnc3c(Cl)nc(I)nc32)C(O)[C@H]1O. The number of fused-ring (bicyclic) bond motifs is 1. The number of hydrogen-bond donors (Lipinski definition) is 3. The number of rotatable bonds is 2. The van der Waals surface area contributed by atoms with Crippen LogP contribution in [0.4, 0.5) is 0 Å². The van der Waals surface area contributed by atoms with Crippen LogP contribution in [0.15, 0.2) is 6.33 Å². The maximum Gasteiger partial charge on any atom is 0.194 e. The van der Waals surface area contributed by atoms with Crippen molar-refractivity contribution in [2.45, 2.75) is 24.5 Å². The molecule has 0 radical (unpaired) electrons. The van der Waals surface area contributed by atoms with E-state index >= 15 is 0 Å². The molecule has 4 atom stereocenters. The second kappa shape index (κ2) is 5.31. The molecule has 0 spiro atoms. The van der Waals surface area contributed by atoms with E-state index in [1.54, 1.807) is 0 Å². The molecule has 3 rings (SSSR count). The zero-order valence-electron chi connectivity index (χ0n) is 9.89. The van der Waals surface area contributed by atoms with Gasteiger partial charge in [-0.2, -0.15) is 0 Å². The van der Waals surface area contributed by atoms with Gasteiger partial charge in [0.2, 0.25) is 0 Å². The monoisotopic (exact) mass is 412 g/mol. The average molecular weight is 413 g/mol. The zero-order chi connectivity index (χ0) is 14.4. The number of aliphatic hydroxyl groups is 3. The van der Waals surface area contributed by atoms with Crippen molar-refractivity contribution in [3.05, 3.63) is 15.3 Å². The van der Waals surface area contributed by atoms with Gasteiger partial charge in [-0.3, -0.25) is 4.57 Å². The second-order valence-corrected chi connectivity index (χ2v) is 5.66. The molecule has 0 aliphatic carbocycles. The molecule has 0 bridgehead atoms. The number of aromatic nitrogens is 4. The number of ether oxygens (including phenoxy) is 1. The summed E-state index contributed by atoms with van der Waals surface area (Å²) in [5.41, 5.74) is 0.772. The van der Waals surface area contributed by atoms with Gasteiger partial charge in [-0.05, 0) is 0 Å². The fourth-order valence-electron chi connectivity index (χ4n) is 2.15. The van der Waals surface area contributed by atoms with Crippen molar-refractivity contribution < 1.29 is 20.1 Å². The van der Waals surface area contributed by atoms with Crippen LogP contribution in [0.3, 0.4) is 0 Å². The van der Waals surface area contributed by atoms with Crippen LogP contribution < -0.4 is 0 Å². The maximum absolute atomic E-state index is 10.0. The summed E-state index contributed by atoms with van der Waals surface area (Å²) >= 11 is 7.89. The molecule has 3 heterocycles. The van der Waals surface area contributed by atoms with Gasteiger partial charge in [0.15, 0.2) is 20.9 Å². The highest BCUT2D eigenvalue weighted by atomic mass is 127. The van der Waals surface area contributed by atoms with Gasteiger partial charge in [-0.25, -0.2) is 15.0 Å². The predicted molar refractivity (Wildman–Crippen MR) is 76.1 cm³/mol. The van der Waals surface area contributed by atoms with E-state index in [1.807, 2.05) is 22.6 Å². The highest BCUT2D eigenvalue weighted by molar-refractivity contribution is 14.1. The lowest BCUT2D eigenvalue weighted by Crippen LogP contribution is -2.33. The van der Waals surface area contributed by atoms with Crippen molar-refractivity contribution in [1.82, 2.24) is 19.5 Å². The van der Waals surface area contributed by atoms with E-state index in [0.29, 0.717) is 15.0 Å². The average Bonchev–Trinajstić information content (AvgIpc) is 2.93. The Bertz CT molecular complexity index is 653. The Morgan fingerprint density at radius 3 is 2.75 bits per heavy atom. The molecule has 0 saturated carbocycles. The Hall–Kier alpha value is -0.590. The number of aliphatic hydroxyl groups excluding tert-OH is 3. The van der Waals surface area contributed by atoms with Crippen molar-refractivity contribution in [3.8, 4) is 0 Å². The van der Waals surface area contributed by atoms with Gasteiger partial charge in [0.25, 0.3) is 0 Å². The van der Waals surface area contributed by atoms with Crippen molar-refractivity contribution >= 4 is 45.4 Å². The molecule has 2 aromatic rings. The van der Waals surface area contributed by atoms with Crippen molar-refractivity contribution in [2.75, 3.05) is 6.61 Å². The molecule has 0 aromatic carbocycles. The van der Waals surface area contributed by atoms with Crippen LogP contribution in [-0.4, -0.2) is 59.8 Å². The smallest absolute Gasteiger partial charge is 0.194 e. The lowest BCUT2D eigenvalue weighted by atomic mass is 10.1. The van der Waals surface area contributed by atoms with Gasteiger partial charge in [0.05, 0.1) is 12.9 Å². The first-order chi connectivity index (χ1) is 9.52. The first-order valence-corrected chi connectivity index (χ1v) is 7.16. The van der Waals surface area contributed by atoms with Crippen LogP contribution in [0, 0.1) is 3.83 Å². The van der Waals surface area contributed by atoms with Crippen LogP contribution in [0.1, 0.15) is 6.23 Å². The molecule has 8 nitrogen and oxygen atoms in total. The van der Waals surface area contributed by atoms with Gasteiger partial charge >= 0.3 is 0 Å². The molecule has 2 aromatic heterocycles. The highest BCUT2D eigenvalue weighted by Crippen LogP contribution is 2.32. The lowest BCUT2D eigenvalue weighted by molar-refractivity contribution is -0.0511. The minimum Gasteiger partial charge on any atom is -0.394 e. The summed E-state index contributed by atoms with van der Waals surface area (Å²) in [4.78, 5) is 12.3. The van der Waals surface area contributed by atoms with Gasteiger partial charge in [0, 0.05) is 22.6 Å². The molecule has 0 amide bonds. The summed E-state index contributed by atoms with van der Waals surface area (Å²) in [6.07, 6.45) is -2.73. The van der Waals surface area contributed by atoms with Crippen molar-refractivity contribution in [2.24, 2.45) is 0 Å². The normalized spacial score (nSPS) is 30.2. The third kappa shape index (κ3) is 2.18. The first-order valence-electron chi connectivity index (χ1n) is 5.71. The van der Waals surface area contributed by atoms with Gasteiger partial charge in [0.1, 0.15) is 23.8 Å². The van der Waals surface area contributed by atoms with E-state index in [-0.39, 0.29) is 5.15 Å². The van der Waals surface area contributed by atoms with E-state index in [2.05, 4.69) is 15.0 Å². The Morgan fingerprint density at radius 2 is 2.10 bits per heavy atom. The molecule has 3 N–H and O–H groups in total. The molecule has 10 heteroatoms. The van der Waals surface area contributed by atoms with Crippen LogP contribution >= 0.6 is 34.2 Å². The number of hydrogen-bond acceptors (Lipinski definition) is 7. The Balaban J connectivity index is 2.07. The minimum atomic E-state index is -1.20. The summed E-state index contributed by atoms with van der Waals surface area (Å²) in [7, 11) is 0. The van der Waals surface area contributed by atoms with Gasteiger partial charge < -0.3 is 20.1 Å². The van der Waals surface area contributed by atoms with E-state index in [0.717, 1.165) is 0 Å². The second-order valence-electron chi connectivity index (χ2n) is 4.34. The third-order valence-corrected chi connectivity index (χ3v) is 3.89. The summed E-state index contributed by atoms with van der Waals surface area (Å²) in [5, 5.41) is 29.1. The van der Waals surface area contributed by atoms with E-state index in [1.165, 1.54) is 10.9 Å². The fraction of sp³-hybridized carbons (Fsp3) is 0.500. The van der Waals surface area contributed by atoms with Crippen LogP contribution in [0.5, 0.6) is 0 Å². The molecule has 20 heavy (non-hydrogen) atoms. The zero-order valence-corrected chi connectivity index (χ0v) is 12.8. The molecule has 1 saturated heterocycles. The standard InChI is InChI=1S/C10H10ClIN4O4/c11-7-4-8(15-10(12)14-7)16(2-13-4)9-6(19)5(18)3(1-17)20-9/h2-3,5-6,9,17-19H,1H2/t3-,5+,6?,9-/m1/s1. The molecular weight excluding hydrogens is 402 g/mol. The lowest BCUT2D eigenvalue weighted by Gasteiger charge is -2.16. The van der Waals surface area contributed by atoms with E-state index in [9.17, 15) is 10.2 Å². The first kappa shape index (κ1) is 14.4. The topological polar surface area (TPSA) is 114 Å². The Labute approximate surface area is 131 Å². The Morgan fingerprint density at radius 1 is 1.35 bits per heavy atom.